The van der Waals surface area contributed by atoms with Crippen LogP contribution in [0.2, 0.25) is 0 Å². The number of carboxylic acid groups (broad SMARTS) is 1. The summed E-state index contributed by atoms with van der Waals surface area (Å²) in [6.45, 7) is -0.488. The van der Waals surface area contributed by atoms with E-state index < -0.39 is 34.6 Å². The zero-order chi connectivity index (χ0) is 16.2. The van der Waals surface area contributed by atoms with Crippen LogP contribution in [-0.2, 0) is 19.6 Å². The first-order chi connectivity index (χ1) is 9.72. The lowest BCUT2D eigenvalue weighted by atomic mass is 10.2. The Hall–Kier alpha value is -1.01. The van der Waals surface area contributed by atoms with E-state index in [-0.39, 0.29) is 20.0 Å². The van der Waals surface area contributed by atoms with Gasteiger partial charge in [0.2, 0.25) is 10.0 Å². The van der Waals surface area contributed by atoms with Gasteiger partial charge in [0, 0.05) is 6.61 Å². The largest absolute Gasteiger partial charge is 0.480 e. The Morgan fingerprint density at radius 3 is 2.62 bits per heavy atom. The maximum absolute atomic E-state index is 12.1. The number of sulfonamides is 1. The lowest BCUT2D eigenvalue weighted by Crippen LogP contribution is -2.41. The molecule has 0 fully saturated rings. The normalized spacial score (nSPS) is 12.9. The van der Waals surface area contributed by atoms with Gasteiger partial charge in [-0.25, -0.2) is 13.2 Å². The Labute approximate surface area is 132 Å². The monoisotopic (exact) mass is 401 g/mol. The topological polar surface area (TPSA) is 130 Å². The fraction of sp³-hybridized carbons (Fsp3) is 0.400. The maximum atomic E-state index is 12.1. The van der Waals surface area contributed by atoms with Crippen LogP contribution in [-0.4, -0.2) is 50.3 Å². The third-order valence-electron chi connectivity index (χ3n) is 2.34. The molecule has 8 nitrogen and oxygen atoms in total. The van der Waals surface area contributed by atoms with Crippen molar-refractivity contribution in [1.82, 2.24) is 4.72 Å². The van der Waals surface area contributed by atoms with E-state index in [9.17, 15) is 18.0 Å². The summed E-state index contributed by atoms with van der Waals surface area (Å²) < 4.78 is 30.9. The van der Waals surface area contributed by atoms with E-state index in [4.69, 9.17) is 10.2 Å². The van der Waals surface area contributed by atoms with E-state index in [0.717, 1.165) is 24.5 Å². The van der Waals surface area contributed by atoms with Crippen molar-refractivity contribution >= 4 is 49.2 Å². The number of esters is 1. The minimum absolute atomic E-state index is 0.0544. The fourth-order valence-corrected chi connectivity index (χ4v) is 5.06. The van der Waals surface area contributed by atoms with E-state index in [0.29, 0.717) is 0 Å². The number of thiophene rings is 1. The van der Waals surface area contributed by atoms with Crippen molar-refractivity contribution in [1.29, 1.82) is 0 Å². The van der Waals surface area contributed by atoms with Crippen molar-refractivity contribution < 1.29 is 33.0 Å². The van der Waals surface area contributed by atoms with Gasteiger partial charge < -0.3 is 14.9 Å². The van der Waals surface area contributed by atoms with Crippen molar-refractivity contribution in [2.24, 2.45) is 0 Å². The van der Waals surface area contributed by atoms with Crippen molar-refractivity contribution in [3.8, 4) is 0 Å². The van der Waals surface area contributed by atoms with Gasteiger partial charge in [-0.15, -0.1) is 11.3 Å². The molecule has 0 unspecified atom stereocenters. The molecule has 118 valence electrons. The van der Waals surface area contributed by atoms with E-state index >= 15 is 0 Å². The van der Waals surface area contributed by atoms with Crippen LogP contribution < -0.4 is 4.72 Å². The highest BCUT2D eigenvalue weighted by Gasteiger charge is 2.29. The predicted molar refractivity (Wildman–Crippen MR) is 76.8 cm³/mol. The van der Waals surface area contributed by atoms with Crippen molar-refractivity contribution in [3.63, 3.8) is 0 Å². The summed E-state index contributed by atoms with van der Waals surface area (Å²) in [5, 5.41) is 17.6. The quantitative estimate of drug-likeness (QED) is 0.564. The molecule has 0 aliphatic carbocycles. The molecule has 1 aromatic heterocycles. The Bertz CT molecular complexity index is 640. The molecule has 11 heteroatoms. The van der Waals surface area contributed by atoms with Crippen LogP contribution in [0.5, 0.6) is 0 Å². The summed E-state index contributed by atoms with van der Waals surface area (Å²) in [7, 11) is -3.01. The molecule has 0 radical (unpaired) electrons. The first-order valence-electron chi connectivity index (χ1n) is 5.46. The molecular weight excluding hydrogens is 390 g/mol. The molecule has 0 amide bonds. The SMILES string of the molecule is COC(=O)c1cc(S(=O)(=O)N[C@H](CCO)C(=O)O)c(Br)s1. The third kappa shape index (κ3) is 4.48. The molecule has 1 heterocycles. The Balaban J connectivity index is 3.10. The number of ether oxygens (including phenoxy) is 1. The number of carbonyl (C=O) groups is 2. The molecule has 1 rings (SSSR count). The van der Waals surface area contributed by atoms with Crippen LogP contribution in [0.4, 0.5) is 0 Å². The third-order valence-corrected chi connectivity index (χ3v) is 6.05. The first kappa shape index (κ1) is 18.0. The minimum atomic E-state index is -4.16. The lowest BCUT2D eigenvalue weighted by molar-refractivity contribution is -0.139. The standard InChI is InChI=1S/C10H12BrNO7S2/c1-19-10(16)6-4-7(8(11)20-6)21(17,18)12-5(2-3-13)9(14)15/h4-5,12-13H,2-3H2,1H3,(H,14,15)/t5-/m1/s1. The zero-order valence-electron chi connectivity index (χ0n) is 10.7. The molecule has 0 bridgehead atoms. The Morgan fingerprint density at radius 1 is 1.52 bits per heavy atom. The number of hydrogen-bond acceptors (Lipinski definition) is 7. The molecule has 0 aromatic carbocycles. The van der Waals surface area contributed by atoms with Crippen LogP contribution in [0.1, 0.15) is 16.1 Å². The fourth-order valence-electron chi connectivity index (χ4n) is 1.35. The number of methoxy groups -OCH3 is 1. The van der Waals surface area contributed by atoms with Crippen LogP contribution >= 0.6 is 27.3 Å². The average molecular weight is 402 g/mol. The molecule has 3 N–H and O–H groups in total. The Kier molecular flexibility index (Phi) is 6.28. The summed E-state index contributed by atoms with van der Waals surface area (Å²) in [6.07, 6.45) is -0.278. The van der Waals surface area contributed by atoms with Crippen LogP contribution in [0.15, 0.2) is 14.7 Å². The van der Waals surface area contributed by atoms with E-state index in [1.165, 1.54) is 0 Å². The number of aliphatic hydroxyl groups excluding tert-OH is 1. The number of nitrogens with one attached hydrogen (secondary N) is 1. The highest BCUT2D eigenvalue weighted by Crippen LogP contribution is 2.32. The van der Waals surface area contributed by atoms with Crippen molar-refractivity contribution in [2.45, 2.75) is 17.4 Å². The van der Waals surface area contributed by atoms with Gasteiger partial charge in [-0.05, 0) is 28.4 Å². The second kappa shape index (κ2) is 7.31. The van der Waals surface area contributed by atoms with Gasteiger partial charge in [0.15, 0.2) is 0 Å². The average Bonchev–Trinajstić information content (AvgIpc) is 2.80. The molecule has 0 aliphatic heterocycles. The molecular formula is C10H12BrNO7S2. The highest BCUT2D eigenvalue weighted by molar-refractivity contribution is 9.11. The van der Waals surface area contributed by atoms with E-state index in [1.54, 1.807) is 0 Å². The number of rotatable bonds is 7. The minimum Gasteiger partial charge on any atom is -0.480 e. The molecule has 1 aromatic rings. The van der Waals surface area contributed by atoms with Gasteiger partial charge in [-0.2, -0.15) is 4.72 Å². The number of carboxylic acids is 1. The van der Waals surface area contributed by atoms with Gasteiger partial charge in [-0.1, -0.05) is 0 Å². The number of halogens is 1. The molecule has 0 aliphatic rings. The van der Waals surface area contributed by atoms with Gasteiger partial charge >= 0.3 is 11.9 Å². The molecule has 21 heavy (non-hydrogen) atoms. The zero-order valence-corrected chi connectivity index (χ0v) is 13.9. The first-order valence-corrected chi connectivity index (χ1v) is 8.55. The van der Waals surface area contributed by atoms with Crippen molar-refractivity contribution in [2.75, 3.05) is 13.7 Å². The van der Waals surface area contributed by atoms with Gasteiger partial charge in [-0.3, -0.25) is 4.79 Å². The predicted octanol–water partition coefficient (Wildman–Crippen LogP) is 0.411. The van der Waals surface area contributed by atoms with Crippen molar-refractivity contribution in [3.05, 3.63) is 14.7 Å². The number of aliphatic hydroxyl groups is 1. The molecule has 1 atom stereocenters. The number of hydrogen-bond donors (Lipinski definition) is 3. The van der Waals surface area contributed by atoms with E-state index in [1.807, 2.05) is 4.72 Å². The van der Waals surface area contributed by atoms with Crippen LogP contribution in [0.25, 0.3) is 0 Å². The van der Waals surface area contributed by atoms with Crippen LogP contribution in [0, 0.1) is 0 Å². The summed E-state index contributed by atoms with van der Waals surface area (Å²) in [5.74, 6) is -2.11. The maximum Gasteiger partial charge on any atom is 0.348 e. The second-order valence-corrected chi connectivity index (χ2v) is 7.82. The van der Waals surface area contributed by atoms with Crippen LogP contribution in [0.3, 0.4) is 0 Å². The highest BCUT2D eigenvalue weighted by atomic mass is 79.9. The lowest BCUT2D eigenvalue weighted by Gasteiger charge is -2.13. The summed E-state index contributed by atoms with van der Waals surface area (Å²) in [5.41, 5.74) is 0. The van der Waals surface area contributed by atoms with Gasteiger partial charge in [0.25, 0.3) is 0 Å². The number of aliphatic carboxylic acids is 1. The summed E-state index contributed by atoms with van der Waals surface area (Å²) in [6, 6.07) is -0.380. The Morgan fingerprint density at radius 2 is 2.14 bits per heavy atom. The molecule has 0 spiro atoms. The second-order valence-electron chi connectivity index (χ2n) is 3.76. The summed E-state index contributed by atoms with van der Waals surface area (Å²) >= 11 is 3.86. The van der Waals surface area contributed by atoms with Gasteiger partial charge in [0.05, 0.1) is 10.9 Å². The van der Waals surface area contributed by atoms with Gasteiger partial charge in [0.1, 0.15) is 15.8 Å². The smallest absolute Gasteiger partial charge is 0.348 e. The van der Waals surface area contributed by atoms with E-state index in [2.05, 4.69) is 20.7 Å². The molecule has 0 saturated carbocycles. The summed E-state index contributed by atoms with van der Waals surface area (Å²) in [4.78, 5) is 22.1. The number of carbonyl (C=O) groups excluding carboxylic acids is 1. The molecule has 0 saturated heterocycles.